The number of imide groups is 1. The molecule has 1 aromatic carbocycles. The summed E-state index contributed by atoms with van der Waals surface area (Å²) in [5.41, 5.74) is 0.581. The van der Waals surface area contributed by atoms with Crippen molar-refractivity contribution in [3.63, 3.8) is 0 Å². The zero-order valence-corrected chi connectivity index (χ0v) is 18.0. The number of sulfone groups is 1. The quantitative estimate of drug-likeness (QED) is 0.506. The number of hydrazine groups is 1. The first-order valence-electron chi connectivity index (χ1n) is 9.71. The van der Waals surface area contributed by atoms with E-state index in [9.17, 15) is 22.8 Å². The number of rotatable bonds is 6. The maximum absolute atomic E-state index is 13.6. The molecule has 3 amide bonds. The summed E-state index contributed by atoms with van der Waals surface area (Å²) in [5, 5.41) is 2.96. The van der Waals surface area contributed by atoms with E-state index in [-0.39, 0.29) is 17.4 Å². The number of carbonyl (C=O) groups is 3. The number of fused-ring (bicyclic) bond motifs is 1. The standard InChI is InChI=1S/C20H27N3O5S/c1-13(2)11-17(22-18(24)15-7-5-6-8-16(15)19(22)25)20(26)23(21(3)4)14-9-10-29(27,28)12-14/h5-8,13-14,17H,9-12H2,1-4H3/t14-,17-/m0/s1. The molecule has 158 valence electrons. The van der Waals surface area contributed by atoms with Gasteiger partial charge in [0, 0.05) is 14.1 Å². The van der Waals surface area contributed by atoms with Crippen molar-refractivity contribution < 1.29 is 22.8 Å². The molecule has 1 saturated heterocycles. The van der Waals surface area contributed by atoms with Crippen molar-refractivity contribution in [3.8, 4) is 0 Å². The van der Waals surface area contributed by atoms with Crippen LogP contribution in [-0.4, -0.2) is 78.7 Å². The second-order valence-corrected chi connectivity index (χ2v) is 10.5. The monoisotopic (exact) mass is 421 g/mol. The van der Waals surface area contributed by atoms with Gasteiger partial charge < -0.3 is 0 Å². The van der Waals surface area contributed by atoms with E-state index in [4.69, 9.17) is 0 Å². The van der Waals surface area contributed by atoms with E-state index < -0.39 is 39.6 Å². The van der Waals surface area contributed by atoms with Crippen molar-refractivity contribution >= 4 is 27.6 Å². The van der Waals surface area contributed by atoms with E-state index >= 15 is 0 Å². The average molecular weight is 422 g/mol. The normalized spacial score (nSPS) is 21.7. The minimum Gasteiger partial charge on any atom is -0.271 e. The maximum atomic E-state index is 13.6. The van der Waals surface area contributed by atoms with Gasteiger partial charge in [-0.3, -0.25) is 24.3 Å². The third kappa shape index (κ3) is 4.06. The molecule has 0 bridgehead atoms. The van der Waals surface area contributed by atoms with E-state index in [1.807, 2.05) is 13.8 Å². The number of amides is 3. The van der Waals surface area contributed by atoms with E-state index in [0.29, 0.717) is 24.0 Å². The third-order valence-corrected chi connectivity index (χ3v) is 7.08. The van der Waals surface area contributed by atoms with Crippen LogP contribution in [0.4, 0.5) is 0 Å². The van der Waals surface area contributed by atoms with Crippen LogP contribution in [0.1, 0.15) is 47.4 Å². The predicted octanol–water partition coefficient (Wildman–Crippen LogP) is 1.19. The first kappa shape index (κ1) is 21.4. The van der Waals surface area contributed by atoms with Crippen LogP contribution in [0, 0.1) is 5.92 Å². The molecule has 0 aromatic heterocycles. The second-order valence-electron chi connectivity index (χ2n) is 8.26. The number of carbonyl (C=O) groups excluding carboxylic acids is 3. The van der Waals surface area contributed by atoms with E-state index in [1.165, 1.54) is 5.01 Å². The molecule has 0 spiro atoms. The maximum Gasteiger partial charge on any atom is 0.262 e. The summed E-state index contributed by atoms with van der Waals surface area (Å²) in [6, 6.07) is 5.03. The number of benzene rings is 1. The highest BCUT2D eigenvalue weighted by atomic mass is 32.2. The molecule has 0 saturated carbocycles. The Kier molecular flexibility index (Phi) is 5.82. The smallest absolute Gasteiger partial charge is 0.262 e. The Bertz CT molecular complexity index is 906. The van der Waals surface area contributed by atoms with Crippen molar-refractivity contribution in [2.24, 2.45) is 5.92 Å². The van der Waals surface area contributed by atoms with Crippen molar-refractivity contribution in [2.45, 2.75) is 38.8 Å². The van der Waals surface area contributed by atoms with Gasteiger partial charge in [-0.05, 0) is 30.9 Å². The van der Waals surface area contributed by atoms with Crippen molar-refractivity contribution in [3.05, 3.63) is 35.4 Å². The lowest BCUT2D eigenvalue weighted by Crippen LogP contribution is -2.58. The van der Waals surface area contributed by atoms with E-state index in [2.05, 4.69) is 0 Å². The molecular weight excluding hydrogens is 394 g/mol. The van der Waals surface area contributed by atoms with Gasteiger partial charge in [0.25, 0.3) is 17.7 Å². The molecule has 0 radical (unpaired) electrons. The number of nitrogens with zero attached hydrogens (tertiary/aromatic N) is 3. The molecule has 2 heterocycles. The Morgan fingerprint density at radius 2 is 1.69 bits per heavy atom. The van der Waals surface area contributed by atoms with Crippen molar-refractivity contribution in [2.75, 3.05) is 25.6 Å². The average Bonchev–Trinajstić information content (AvgIpc) is 3.10. The van der Waals surface area contributed by atoms with Crippen LogP contribution in [-0.2, 0) is 14.6 Å². The molecular formula is C20H27N3O5S. The minimum atomic E-state index is -3.21. The Morgan fingerprint density at radius 3 is 2.10 bits per heavy atom. The summed E-state index contributed by atoms with van der Waals surface area (Å²) in [4.78, 5) is 40.6. The highest BCUT2D eigenvalue weighted by molar-refractivity contribution is 7.91. The van der Waals surface area contributed by atoms with Crippen molar-refractivity contribution in [1.82, 2.24) is 14.9 Å². The molecule has 2 aliphatic rings. The third-order valence-electron chi connectivity index (χ3n) is 5.33. The molecule has 2 atom stereocenters. The lowest BCUT2D eigenvalue weighted by molar-refractivity contribution is -0.154. The van der Waals surface area contributed by atoms with E-state index in [1.54, 1.807) is 43.4 Å². The summed E-state index contributed by atoms with van der Waals surface area (Å²) >= 11 is 0. The second kappa shape index (κ2) is 7.87. The largest absolute Gasteiger partial charge is 0.271 e. The zero-order chi connectivity index (χ0) is 21.5. The molecule has 0 aliphatic carbocycles. The SMILES string of the molecule is CC(C)C[C@@H](C(=O)N([C@H]1CCS(=O)(=O)C1)N(C)C)N1C(=O)c2ccccc2C1=O. The van der Waals surface area contributed by atoms with Crippen LogP contribution in [0.5, 0.6) is 0 Å². The molecule has 1 fully saturated rings. The molecule has 2 aliphatic heterocycles. The fourth-order valence-electron chi connectivity index (χ4n) is 4.08. The number of hydrogen-bond donors (Lipinski definition) is 0. The molecule has 29 heavy (non-hydrogen) atoms. The molecule has 3 rings (SSSR count). The first-order chi connectivity index (χ1) is 13.5. The zero-order valence-electron chi connectivity index (χ0n) is 17.2. The lowest BCUT2D eigenvalue weighted by atomic mass is 10.0. The highest BCUT2D eigenvalue weighted by Gasteiger charge is 2.46. The molecule has 8 nitrogen and oxygen atoms in total. The topological polar surface area (TPSA) is 95.1 Å². The minimum absolute atomic E-state index is 0.0250. The van der Waals surface area contributed by atoms with Crippen LogP contribution >= 0.6 is 0 Å². The van der Waals surface area contributed by atoms with Crippen LogP contribution < -0.4 is 0 Å². The van der Waals surface area contributed by atoms with Crippen LogP contribution in [0.15, 0.2) is 24.3 Å². The summed E-state index contributed by atoms with van der Waals surface area (Å²) in [7, 11) is 0.120. The van der Waals surface area contributed by atoms with Gasteiger partial charge in [0.15, 0.2) is 9.84 Å². The van der Waals surface area contributed by atoms with Crippen molar-refractivity contribution in [1.29, 1.82) is 0 Å². The van der Waals surface area contributed by atoms with Gasteiger partial charge in [0.1, 0.15) is 6.04 Å². The van der Waals surface area contributed by atoms with Gasteiger partial charge >= 0.3 is 0 Å². The lowest BCUT2D eigenvalue weighted by Gasteiger charge is -2.38. The Labute approximate surface area is 171 Å². The molecule has 0 unspecified atom stereocenters. The number of hydrogen-bond acceptors (Lipinski definition) is 6. The molecule has 9 heteroatoms. The summed E-state index contributed by atoms with van der Waals surface area (Å²) < 4.78 is 23.9. The van der Waals surface area contributed by atoms with Gasteiger partial charge in [0.2, 0.25) is 0 Å². The van der Waals surface area contributed by atoms with Gasteiger partial charge in [-0.15, -0.1) is 0 Å². The summed E-state index contributed by atoms with van der Waals surface area (Å²) in [6.45, 7) is 3.83. The fraction of sp³-hybridized carbons (Fsp3) is 0.550. The first-order valence-corrected chi connectivity index (χ1v) is 11.5. The fourth-order valence-corrected chi connectivity index (χ4v) is 5.77. The van der Waals surface area contributed by atoms with Crippen LogP contribution in [0.2, 0.25) is 0 Å². The van der Waals surface area contributed by atoms with Gasteiger partial charge in [0.05, 0.1) is 28.7 Å². The van der Waals surface area contributed by atoms with E-state index in [0.717, 1.165) is 4.90 Å². The van der Waals surface area contributed by atoms with Crippen LogP contribution in [0.25, 0.3) is 0 Å². The Morgan fingerprint density at radius 1 is 1.14 bits per heavy atom. The summed E-state index contributed by atoms with van der Waals surface area (Å²) in [6.07, 6.45) is 0.636. The summed E-state index contributed by atoms with van der Waals surface area (Å²) in [5.74, 6) is -1.44. The molecule has 0 N–H and O–H groups in total. The van der Waals surface area contributed by atoms with Gasteiger partial charge in [-0.1, -0.05) is 26.0 Å². The molecule has 1 aromatic rings. The van der Waals surface area contributed by atoms with Crippen LogP contribution in [0.3, 0.4) is 0 Å². The predicted molar refractivity (Wildman–Crippen MR) is 108 cm³/mol. The van der Waals surface area contributed by atoms with Gasteiger partial charge in [-0.2, -0.15) is 0 Å². The Hall–Kier alpha value is -2.26. The highest BCUT2D eigenvalue weighted by Crippen LogP contribution is 2.29. The van der Waals surface area contributed by atoms with Gasteiger partial charge in [-0.25, -0.2) is 13.4 Å². The Balaban J connectivity index is 1.97.